The summed E-state index contributed by atoms with van der Waals surface area (Å²) in [7, 11) is 0. The first kappa shape index (κ1) is 16.4. The average molecular weight is 258 g/mol. The number of hydrogen-bond acceptors (Lipinski definition) is 4. The summed E-state index contributed by atoms with van der Waals surface area (Å²) in [6, 6.07) is 13.7. The third kappa shape index (κ3) is 4.72. The van der Waals surface area contributed by atoms with Crippen molar-refractivity contribution in [2.75, 3.05) is 0 Å². The van der Waals surface area contributed by atoms with Crippen molar-refractivity contribution in [1.29, 1.82) is 21.0 Å². The predicted octanol–water partition coefficient (Wildman–Crippen LogP) is 3.35. The van der Waals surface area contributed by atoms with Gasteiger partial charge in [-0.2, -0.15) is 21.0 Å². The van der Waals surface area contributed by atoms with Crippen LogP contribution in [0.4, 0.5) is 0 Å². The minimum Gasteiger partial charge on any atom is -0.192 e. The maximum Gasteiger partial charge on any atom is 0.158 e. The monoisotopic (exact) mass is 258 g/mol. The van der Waals surface area contributed by atoms with Crippen LogP contribution in [-0.2, 0) is 0 Å². The number of allylic oxidation sites excluding steroid dienone is 2. The summed E-state index contributed by atoms with van der Waals surface area (Å²) in [5.41, 5.74) is 1.39. The van der Waals surface area contributed by atoms with Crippen LogP contribution in [0.2, 0.25) is 0 Å². The van der Waals surface area contributed by atoms with Gasteiger partial charge < -0.3 is 0 Å². The van der Waals surface area contributed by atoms with E-state index >= 15 is 0 Å². The molecule has 4 heteroatoms. The van der Waals surface area contributed by atoms with E-state index in [0.29, 0.717) is 0 Å². The van der Waals surface area contributed by atoms with Crippen molar-refractivity contribution < 1.29 is 0 Å². The molecule has 0 amide bonds. The average Bonchev–Trinajstić information content (AvgIpc) is 2.52. The zero-order valence-corrected chi connectivity index (χ0v) is 10.7. The molecule has 0 aliphatic rings. The van der Waals surface area contributed by atoms with Gasteiger partial charge in [0.25, 0.3) is 0 Å². The van der Waals surface area contributed by atoms with Gasteiger partial charge in [-0.15, -0.1) is 0 Å². The first-order valence-electron chi connectivity index (χ1n) is 5.37. The summed E-state index contributed by atoms with van der Waals surface area (Å²) in [5.74, 6) is 0. The third-order valence-corrected chi connectivity index (χ3v) is 2.13. The molecule has 0 radical (unpaired) electrons. The summed E-state index contributed by atoms with van der Waals surface area (Å²) in [6.45, 7) is 7.38. The number of hydrogen-bond donors (Lipinski definition) is 0. The van der Waals surface area contributed by atoms with E-state index in [9.17, 15) is 0 Å². The maximum absolute atomic E-state index is 8.13. The number of nitriles is 4. The molecular formula is C16H10N4. The van der Waals surface area contributed by atoms with Crippen molar-refractivity contribution in [1.82, 2.24) is 0 Å². The minimum absolute atomic E-state index is 0.440. The maximum atomic E-state index is 8.13. The molecule has 20 heavy (non-hydrogen) atoms. The largest absolute Gasteiger partial charge is 0.192 e. The van der Waals surface area contributed by atoms with Gasteiger partial charge in [0.05, 0.1) is 0 Å². The van der Waals surface area contributed by atoms with Crippen LogP contribution in [-0.4, -0.2) is 0 Å². The standard InChI is InChI=1S/C10H10.C6N4/c1-3-9-7-5-6-8-10(9)4-2;7-1-5(2-8)6(3-9)4-10/h3-8H,1-2H2;. The predicted molar refractivity (Wildman–Crippen MR) is 76.1 cm³/mol. The Kier molecular flexibility index (Phi) is 7.73. The molecule has 0 heterocycles. The Morgan fingerprint density at radius 2 is 1.05 bits per heavy atom. The van der Waals surface area contributed by atoms with Crippen LogP contribution in [0.3, 0.4) is 0 Å². The van der Waals surface area contributed by atoms with Crippen molar-refractivity contribution in [3.63, 3.8) is 0 Å². The van der Waals surface area contributed by atoms with E-state index in [1.165, 1.54) is 24.3 Å². The van der Waals surface area contributed by atoms with E-state index in [4.69, 9.17) is 21.0 Å². The summed E-state index contributed by atoms with van der Waals surface area (Å²) in [5, 5.41) is 32.5. The molecule has 0 spiro atoms. The van der Waals surface area contributed by atoms with E-state index in [2.05, 4.69) is 13.2 Å². The molecule has 1 aromatic carbocycles. The lowest BCUT2D eigenvalue weighted by molar-refractivity contribution is 1.41. The van der Waals surface area contributed by atoms with E-state index in [0.717, 1.165) is 11.1 Å². The molecule has 0 atom stereocenters. The second-order valence-corrected chi connectivity index (χ2v) is 3.23. The molecule has 0 aliphatic heterocycles. The van der Waals surface area contributed by atoms with Crippen molar-refractivity contribution in [3.8, 4) is 24.3 Å². The van der Waals surface area contributed by atoms with Crippen LogP contribution in [0.5, 0.6) is 0 Å². The number of rotatable bonds is 2. The topological polar surface area (TPSA) is 95.2 Å². The summed E-state index contributed by atoms with van der Waals surface area (Å²) in [4.78, 5) is 0. The Labute approximate surface area is 118 Å². The highest BCUT2D eigenvalue weighted by Crippen LogP contribution is 2.10. The molecule has 0 aliphatic carbocycles. The summed E-state index contributed by atoms with van der Waals surface area (Å²) < 4.78 is 0. The second kappa shape index (κ2) is 9.43. The zero-order chi connectivity index (χ0) is 15.4. The van der Waals surface area contributed by atoms with Crippen molar-refractivity contribution in [3.05, 3.63) is 59.7 Å². The van der Waals surface area contributed by atoms with Crippen LogP contribution < -0.4 is 0 Å². The molecule has 1 aromatic rings. The Morgan fingerprint density at radius 1 is 0.750 bits per heavy atom. The van der Waals surface area contributed by atoms with Crippen molar-refractivity contribution in [2.24, 2.45) is 0 Å². The number of benzene rings is 1. The Balaban J connectivity index is 0.000000361. The van der Waals surface area contributed by atoms with Gasteiger partial charge in [0.2, 0.25) is 0 Å². The molecule has 0 saturated heterocycles. The van der Waals surface area contributed by atoms with Crippen molar-refractivity contribution >= 4 is 12.2 Å². The lowest BCUT2D eigenvalue weighted by Gasteiger charge is -1.96. The number of nitrogens with zero attached hydrogens (tertiary/aromatic N) is 4. The smallest absolute Gasteiger partial charge is 0.158 e. The van der Waals surface area contributed by atoms with E-state index in [1.54, 1.807) is 0 Å². The summed E-state index contributed by atoms with van der Waals surface area (Å²) >= 11 is 0. The highest BCUT2D eigenvalue weighted by molar-refractivity contribution is 5.63. The van der Waals surface area contributed by atoms with Gasteiger partial charge >= 0.3 is 0 Å². The van der Waals surface area contributed by atoms with Gasteiger partial charge in [-0.05, 0) is 11.1 Å². The normalized spacial score (nSPS) is 7.20. The molecule has 0 N–H and O–H groups in total. The minimum atomic E-state index is -0.440. The first-order chi connectivity index (χ1) is 9.68. The van der Waals surface area contributed by atoms with Crippen molar-refractivity contribution in [2.45, 2.75) is 0 Å². The summed E-state index contributed by atoms with van der Waals surface area (Å²) in [6.07, 6.45) is 3.66. The molecule has 4 nitrogen and oxygen atoms in total. The molecular weight excluding hydrogens is 248 g/mol. The Morgan fingerprint density at radius 3 is 1.25 bits per heavy atom. The molecule has 0 fully saturated rings. The lowest BCUT2D eigenvalue weighted by atomic mass is 10.1. The Bertz CT molecular complexity index is 605. The van der Waals surface area contributed by atoms with Crippen LogP contribution in [0, 0.1) is 45.3 Å². The van der Waals surface area contributed by atoms with Crippen LogP contribution in [0.25, 0.3) is 12.2 Å². The van der Waals surface area contributed by atoms with Crippen LogP contribution >= 0.6 is 0 Å². The van der Waals surface area contributed by atoms with Gasteiger partial charge in [-0.3, -0.25) is 0 Å². The SMILES string of the molecule is C=Cc1ccccc1C=C.N#CC(C#N)=C(C#N)C#N. The molecule has 1 rings (SSSR count). The molecule has 0 unspecified atom stereocenters. The Hall–Kier alpha value is -3.60. The fourth-order valence-corrected chi connectivity index (χ4v) is 1.16. The highest BCUT2D eigenvalue weighted by atomic mass is 14.3. The van der Waals surface area contributed by atoms with E-state index < -0.39 is 11.1 Å². The lowest BCUT2D eigenvalue weighted by Crippen LogP contribution is -1.79. The quantitative estimate of drug-likeness (QED) is 0.760. The molecule has 0 aromatic heterocycles. The molecule has 0 bridgehead atoms. The van der Waals surface area contributed by atoms with Gasteiger partial charge in [0.1, 0.15) is 24.3 Å². The zero-order valence-electron chi connectivity index (χ0n) is 10.7. The van der Waals surface area contributed by atoms with E-state index in [-0.39, 0.29) is 0 Å². The molecule has 0 saturated carbocycles. The first-order valence-corrected chi connectivity index (χ1v) is 5.37. The van der Waals surface area contributed by atoms with Gasteiger partial charge in [-0.25, -0.2) is 0 Å². The highest BCUT2D eigenvalue weighted by Gasteiger charge is 2.01. The van der Waals surface area contributed by atoms with Gasteiger partial charge in [-0.1, -0.05) is 49.6 Å². The van der Waals surface area contributed by atoms with Gasteiger partial charge in [0, 0.05) is 0 Å². The third-order valence-electron chi connectivity index (χ3n) is 2.13. The van der Waals surface area contributed by atoms with Gasteiger partial charge in [0.15, 0.2) is 11.1 Å². The fraction of sp³-hybridized carbons (Fsp3) is 0. The van der Waals surface area contributed by atoms with Crippen LogP contribution in [0.15, 0.2) is 48.6 Å². The second-order valence-electron chi connectivity index (χ2n) is 3.23. The van der Waals surface area contributed by atoms with Crippen LogP contribution in [0.1, 0.15) is 11.1 Å². The van der Waals surface area contributed by atoms with E-state index in [1.807, 2.05) is 36.4 Å². The molecule has 94 valence electrons. The fourth-order valence-electron chi connectivity index (χ4n) is 1.16.